The van der Waals surface area contributed by atoms with Gasteiger partial charge >= 0.3 is 12.2 Å². The van der Waals surface area contributed by atoms with Crippen molar-refractivity contribution in [2.45, 2.75) is 138 Å². The Morgan fingerprint density at radius 2 is 1.57 bits per heavy atom. The van der Waals surface area contributed by atoms with Gasteiger partial charge in [-0.1, -0.05) is 48.5 Å². The third-order valence-electron chi connectivity index (χ3n) is 15.3. The summed E-state index contributed by atoms with van der Waals surface area (Å²) in [5, 5.41) is 14.4. The number of nitrogens with one attached hydrogen (secondary N) is 1. The van der Waals surface area contributed by atoms with Gasteiger partial charge in [-0.25, -0.2) is 9.59 Å². The zero-order chi connectivity index (χ0) is 34.6. The number of carbonyl (C=O) groups excluding carboxylic acids is 2. The topological polar surface area (TPSA) is 107 Å². The van der Waals surface area contributed by atoms with E-state index in [0.717, 1.165) is 44.9 Å². The number of rotatable bonds is 10. The van der Waals surface area contributed by atoms with Crippen LogP contribution in [0.5, 0.6) is 0 Å². The second-order valence-corrected chi connectivity index (χ2v) is 17.5. The maximum atomic E-state index is 13.2. The third kappa shape index (κ3) is 5.80. The first kappa shape index (κ1) is 36.7. The second kappa shape index (κ2) is 13.3. The molecule has 0 radical (unpaired) electrons. The maximum Gasteiger partial charge on any atom is 0.410 e. The number of hydrogen-bond donors (Lipinski definition) is 2. The van der Waals surface area contributed by atoms with Gasteiger partial charge < -0.3 is 34.3 Å². The first-order chi connectivity index (χ1) is 22.1. The van der Waals surface area contributed by atoms with E-state index < -0.39 is 12.2 Å². The number of nitrogens with zero attached hydrogens (tertiary/aromatic N) is 1. The summed E-state index contributed by atoms with van der Waals surface area (Å²) in [6.07, 6.45) is 7.91. The smallest absolute Gasteiger partial charge is 0.410 e. The van der Waals surface area contributed by atoms with Crippen molar-refractivity contribution in [1.29, 1.82) is 0 Å². The van der Waals surface area contributed by atoms with E-state index in [1.165, 1.54) is 12.8 Å². The molecule has 4 saturated carbocycles. The molecule has 9 heteroatoms. The van der Waals surface area contributed by atoms with Gasteiger partial charge in [0.05, 0.1) is 25.4 Å². The summed E-state index contributed by atoms with van der Waals surface area (Å²) < 4.78 is 23.5. The Labute approximate surface area is 284 Å². The number of alkyl carbamates (subject to hydrolysis) is 1. The molecule has 1 heterocycles. The number of methoxy groups -OCH3 is 1. The molecule has 0 aromatic carbocycles. The summed E-state index contributed by atoms with van der Waals surface area (Å²) >= 11 is 0. The lowest BCUT2D eigenvalue weighted by Crippen LogP contribution is -2.62. The second-order valence-electron chi connectivity index (χ2n) is 17.5. The molecular weight excluding hydrogens is 596 g/mol. The van der Waals surface area contributed by atoms with Crippen molar-refractivity contribution < 1.29 is 33.6 Å². The Kier molecular flexibility index (Phi) is 10.4. The number of aliphatic hydroxyl groups excluding tert-OH is 1. The lowest BCUT2D eigenvalue weighted by atomic mass is 9.39. The number of morpholine rings is 1. The van der Waals surface area contributed by atoms with E-state index in [4.69, 9.17) is 18.9 Å². The molecule has 5 rings (SSSR count). The monoisotopic (exact) mass is 662 g/mol. The highest BCUT2D eigenvalue weighted by Crippen LogP contribution is 2.88. The molecular formula is C38H66N2O7. The standard InChI is InChI=1S/C38H66N2O7/c1-24(2)31(47-32(42)39-9)27(44-10)12-11-25(3)35(7)17-18-38-23-37(38)16-15-30(46-33(43)40-19-21-45-22-20-40)34(5,6)28(37)13-14-29(38)36(35,8)26(4)41/h24-31,41H,11-23H2,1-10H3,(H,39,42)/t25-,26+,27?,28?,29?,30+,31-,35-,36+,37-,38?/m1/s1. The molecule has 4 unspecified atom stereocenters. The van der Waals surface area contributed by atoms with Crippen LogP contribution in [-0.4, -0.2) is 87.1 Å². The van der Waals surface area contributed by atoms with E-state index >= 15 is 0 Å². The van der Waals surface area contributed by atoms with Crippen molar-refractivity contribution >= 4 is 12.2 Å². The van der Waals surface area contributed by atoms with Gasteiger partial charge in [0.2, 0.25) is 0 Å². The predicted molar refractivity (Wildman–Crippen MR) is 182 cm³/mol. The zero-order valence-corrected chi connectivity index (χ0v) is 31.2. The van der Waals surface area contributed by atoms with Crippen molar-refractivity contribution in [3.63, 3.8) is 0 Å². The van der Waals surface area contributed by atoms with Gasteiger partial charge in [-0.15, -0.1) is 0 Å². The van der Waals surface area contributed by atoms with Crippen molar-refractivity contribution in [2.75, 3.05) is 40.5 Å². The molecule has 1 saturated heterocycles. The molecule has 11 atom stereocenters. The molecule has 2 spiro atoms. The highest BCUT2D eigenvalue weighted by atomic mass is 16.6. The van der Waals surface area contributed by atoms with E-state index in [9.17, 15) is 14.7 Å². The van der Waals surface area contributed by atoms with E-state index in [-0.39, 0.29) is 57.4 Å². The van der Waals surface area contributed by atoms with Gasteiger partial charge in [0.25, 0.3) is 0 Å². The van der Waals surface area contributed by atoms with Crippen LogP contribution < -0.4 is 5.32 Å². The van der Waals surface area contributed by atoms with E-state index in [2.05, 4.69) is 53.8 Å². The lowest BCUT2D eigenvalue weighted by Gasteiger charge is -2.66. The number of amides is 2. The van der Waals surface area contributed by atoms with Crippen LogP contribution in [0.25, 0.3) is 0 Å². The average molecular weight is 663 g/mol. The molecule has 5 fully saturated rings. The highest BCUT2D eigenvalue weighted by Gasteiger charge is 2.82. The molecule has 270 valence electrons. The fourth-order valence-electron chi connectivity index (χ4n) is 12.1. The molecule has 5 aliphatic rings. The molecule has 2 amide bonds. The summed E-state index contributed by atoms with van der Waals surface area (Å²) in [5.41, 5.74) is 0.132. The van der Waals surface area contributed by atoms with Gasteiger partial charge in [-0.2, -0.15) is 0 Å². The lowest BCUT2D eigenvalue weighted by molar-refractivity contribution is -0.208. The first-order valence-electron chi connectivity index (χ1n) is 18.7. The van der Waals surface area contributed by atoms with Crippen molar-refractivity contribution in [3.05, 3.63) is 0 Å². The minimum Gasteiger partial charge on any atom is -0.446 e. The molecule has 2 N–H and O–H groups in total. The van der Waals surface area contributed by atoms with Crippen LogP contribution >= 0.6 is 0 Å². The van der Waals surface area contributed by atoms with Crippen LogP contribution in [0.3, 0.4) is 0 Å². The van der Waals surface area contributed by atoms with Crippen molar-refractivity contribution in [2.24, 2.45) is 50.7 Å². The van der Waals surface area contributed by atoms with Crippen molar-refractivity contribution in [1.82, 2.24) is 10.2 Å². The van der Waals surface area contributed by atoms with Gasteiger partial charge in [0, 0.05) is 38.1 Å². The number of aliphatic hydroxyl groups is 1. The Hall–Kier alpha value is -1.58. The van der Waals surface area contributed by atoms with Crippen LogP contribution in [0.4, 0.5) is 9.59 Å². The average Bonchev–Trinajstić information content (AvgIpc) is 3.71. The molecule has 0 aromatic rings. The molecule has 0 bridgehead atoms. The van der Waals surface area contributed by atoms with E-state index in [1.807, 2.05) is 11.8 Å². The van der Waals surface area contributed by atoms with E-state index in [0.29, 0.717) is 44.1 Å². The summed E-state index contributed by atoms with van der Waals surface area (Å²) in [7, 11) is 3.30. The molecule has 47 heavy (non-hydrogen) atoms. The zero-order valence-electron chi connectivity index (χ0n) is 31.2. The van der Waals surface area contributed by atoms with Gasteiger partial charge in [-0.05, 0) is 105 Å². The highest BCUT2D eigenvalue weighted by molar-refractivity contribution is 5.68. The maximum absolute atomic E-state index is 13.2. The summed E-state index contributed by atoms with van der Waals surface area (Å²) in [5.74, 6) is 1.44. The Morgan fingerprint density at radius 1 is 0.936 bits per heavy atom. The fourth-order valence-corrected chi connectivity index (χ4v) is 12.1. The normalized spacial score (nSPS) is 40.2. The van der Waals surface area contributed by atoms with Crippen molar-refractivity contribution in [3.8, 4) is 0 Å². The Balaban J connectivity index is 1.33. The minimum atomic E-state index is -0.427. The van der Waals surface area contributed by atoms with Crippen LogP contribution in [-0.2, 0) is 18.9 Å². The SMILES string of the molecule is CNC(=O)O[C@H](C(C)C)C(CC[C@@H](C)[C@@]1(C)CCC23C[C@@]24CC[C@H](OC(=O)N2CCOCC2)C(C)(C)C4CCC3[C@]1(C)[C@H](C)O)OC. The van der Waals surface area contributed by atoms with Gasteiger partial charge in [-0.3, -0.25) is 0 Å². The number of hydrogen-bond acceptors (Lipinski definition) is 7. The third-order valence-corrected chi connectivity index (χ3v) is 15.3. The first-order valence-corrected chi connectivity index (χ1v) is 18.7. The van der Waals surface area contributed by atoms with Gasteiger partial charge in [0.15, 0.2) is 0 Å². The molecule has 9 nitrogen and oxygen atoms in total. The molecule has 0 aromatic heterocycles. The number of ether oxygens (including phenoxy) is 4. The van der Waals surface area contributed by atoms with E-state index in [1.54, 1.807) is 14.2 Å². The predicted octanol–water partition coefficient (Wildman–Crippen LogP) is 7.05. The number of carbonyl (C=O) groups is 2. The van der Waals surface area contributed by atoms with Gasteiger partial charge in [0.1, 0.15) is 12.2 Å². The Bertz CT molecular complexity index is 1140. The summed E-state index contributed by atoms with van der Waals surface area (Å²) in [4.78, 5) is 27.1. The van der Waals surface area contributed by atoms with Crippen LogP contribution in [0.1, 0.15) is 113 Å². The fraction of sp³-hybridized carbons (Fsp3) is 0.947. The minimum absolute atomic E-state index is 0.0542. The van der Waals surface area contributed by atoms with Crippen LogP contribution in [0, 0.1) is 50.7 Å². The Morgan fingerprint density at radius 3 is 2.17 bits per heavy atom. The van der Waals surface area contributed by atoms with Crippen LogP contribution in [0.2, 0.25) is 0 Å². The largest absolute Gasteiger partial charge is 0.446 e. The molecule has 1 aliphatic heterocycles. The summed E-state index contributed by atoms with van der Waals surface area (Å²) in [6.45, 7) is 20.5. The quantitative estimate of drug-likeness (QED) is 0.258. The molecule has 4 aliphatic carbocycles. The van der Waals surface area contributed by atoms with Crippen LogP contribution in [0.15, 0.2) is 0 Å². The summed E-state index contributed by atoms with van der Waals surface area (Å²) in [6, 6.07) is 0.